The highest BCUT2D eigenvalue weighted by molar-refractivity contribution is 7.80. The van der Waals surface area contributed by atoms with Crippen molar-refractivity contribution in [3.05, 3.63) is 0 Å². The molecule has 0 spiro atoms. The zero-order valence-electron chi connectivity index (χ0n) is 27.3. The van der Waals surface area contributed by atoms with Crippen LogP contribution < -0.4 is 0 Å². The molecule has 0 saturated carbocycles. The summed E-state index contributed by atoms with van der Waals surface area (Å²) in [6.45, 7) is 4.68. The summed E-state index contributed by atoms with van der Waals surface area (Å²) in [5, 5.41) is 0. The number of hydrogen-bond donors (Lipinski definition) is 1. The van der Waals surface area contributed by atoms with Crippen LogP contribution in [0.25, 0.3) is 0 Å². The third kappa shape index (κ3) is 34.1. The van der Waals surface area contributed by atoms with E-state index < -0.39 is 10.4 Å². The van der Waals surface area contributed by atoms with Crippen molar-refractivity contribution < 1.29 is 17.2 Å². The Morgan fingerprint density at radius 2 is 0.650 bits per heavy atom. The molecule has 0 saturated heterocycles. The van der Waals surface area contributed by atoms with Gasteiger partial charge in [-0.3, -0.25) is 4.55 Å². The molecule has 0 heterocycles. The van der Waals surface area contributed by atoms with Gasteiger partial charge in [-0.1, -0.05) is 200 Å². The molecule has 0 aromatic carbocycles. The highest BCUT2D eigenvalue weighted by Gasteiger charge is 2.13. The molecule has 0 aromatic heterocycles. The lowest BCUT2D eigenvalue weighted by Crippen LogP contribution is -2.14. The van der Waals surface area contributed by atoms with Crippen molar-refractivity contribution in [2.45, 2.75) is 213 Å². The first-order chi connectivity index (χ1) is 19.5. The van der Waals surface area contributed by atoms with Crippen molar-refractivity contribution in [2.75, 3.05) is 6.61 Å². The van der Waals surface area contributed by atoms with Crippen LogP contribution in [-0.4, -0.2) is 19.6 Å². The molecular formula is C35H72O4S. The Kier molecular flexibility index (Phi) is 31.7. The number of rotatable bonds is 34. The Labute approximate surface area is 252 Å². The van der Waals surface area contributed by atoms with Crippen LogP contribution in [0.2, 0.25) is 0 Å². The van der Waals surface area contributed by atoms with Gasteiger partial charge in [0.1, 0.15) is 0 Å². The maximum absolute atomic E-state index is 11.0. The summed E-state index contributed by atoms with van der Waals surface area (Å²) in [6.07, 6.45) is 41.3. The molecule has 0 amide bonds. The molecule has 40 heavy (non-hydrogen) atoms. The molecule has 0 aliphatic rings. The molecule has 0 aliphatic heterocycles. The van der Waals surface area contributed by atoms with E-state index in [1.54, 1.807) is 0 Å². The van der Waals surface area contributed by atoms with Gasteiger partial charge in [0.15, 0.2) is 0 Å². The van der Waals surface area contributed by atoms with Gasteiger partial charge in [0.25, 0.3) is 0 Å². The van der Waals surface area contributed by atoms with Crippen LogP contribution >= 0.6 is 0 Å². The highest BCUT2D eigenvalue weighted by Crippen LogP contribution is 2.21. The van der Waals surface area contributed by atoms with E-state index in [0.717, 1.165) is 25.7 Å². The largest absolute Gasteiger partial charge is 0.397 e. The number of unbranched alkanes of at least 4 members (excludes halogenated alkanes) is 27. The van der Waals surface area contributed by atoms with E-state index in [9.17, 15) is 8.42 Å². The van der Waals surface area contributed by atoms with Crippen LogP contribution in [-0.2, 0) is 14.6 Å². The summed E-state index contributed by atoms with van der Waals surface area (Å²) in [4.78, 5) is 0. The quantitative estimate of drug-likeness (QED) is 0.0600. The lowest BCUT2D eigenvalue weighted by Gasteiger charge is -2.16. The molecular weight excluding hydrogens is 516 g/mol. The molecule has 242 valence electrons. The second-order valence-corrected chi connectivity index (χ2v) is 13.8. The van der Waals surface area contributed by atoms with E-state index in [1.165, 1.54) is 173 Å². The average Bonchev–Trinajstić information content (AvgIpc) is 2.93. The van der Waals surface area contributed by atoms with Gasteiger partial charge in [-0.25, -0.2) is 4.18 Å². The predicted octanol–water partition coefficient (Wildman–Crippen LogP) is 12.6. The second kappa shape index (κ2) is 31.8. The molecule has 0 aromatic rings. The van der Waals surface area contributed by atoms with Crippen molar-refractivity contribution in [2.24, 2.45) is 5.92 Å². The van der Waals surface area contributed by atoms with Gasteiger partial charge >= 0.3 is 10.4 Å². The summed E-state index contributed by atoms with van der Waals surface area (Å²) in [5.74, 6) is 0.238. The third-order valence-corrected chi connectivity index (χ3v) is 9.07. The van der Waals surface area contributed by atoms with E-state index in [1.807, 2.05) is 0 Å². The zero-order valence-corrected chi connectivity index (χ0v) is 28.1. The van der Waals surface area contributed by atoms with E-state index in [0.29, 0.717) is 0 Å². The number of hydrogen-bond acceptors (Lipinski definition) is 3. The van der Waals surface area contributed by atoms with E-state index in [2.05, 4.69) is 13.8 Å². The van der Waals surface area contributed by atoms with Crippen LogP contribution in [0.1, 0.15) is 213 Å². The van der Waals surface area contributed by atoms with Crippen molar-refractivity contribution in [1.82, 2.24) is 0 Å². The fraction of sp³-hybridized carbons (Fsp3) is 1.00. The maximum Gasteiger partial charge on any atom is 0.397 e. The molecule has 0 aliphatic carbocycles. The Bertz CT molecular complexity index is 578. The summed E-state index contributed by atoms with van der Waals surface area (Å²) in [7, 11) is -4.33. The van der Waals surface area contributed by atoms with Crippen LogP contribution in [0.5, 0.6) is 0 Å². The van der Waals surface area contributed by atoms with Crippen LogP contribution in [0.15, 0.2) is 0 Å². The molecule has 0 radical (unpaired) electrons. The molecule has 1 atom stereocenters. The van der Waals surface area contributed by atoms with E-state index in [4.69, 9.17) is 8.74 Å². The van der Waals surface area contributed by atoms with E-state index >= 15 is 0 Å². The van der Waals surface area contributed by atoms with Crippen molar-refractivity contribution >= 4 is 10.4 Å². The Hall–Kier alpha value is -0.130. The topological polar surface area (TPSA) is 63.6 Å². The standard InChI is InChI=1S/C35H72O4S/c1-3-5-7-9-11-13-14-15-16-17-18-19-20-21-22-23-25-27-29-31-33-35(34-39-40(36,37)38)32-30-28-26-24-12-10-8-6-4-2/h35H,3-34H2,1-2H3,(H,36,37,38). The second-order valence-electron chi connectivity index (χ2n) is 12.7. The normalized spacial score (nSPS) is 12.8. The van der Waals surface area contributed by atoms with E-state index in [-0.39, 0.29) is 12.5 Å². The minimum absolute atomic E-state index is 0.134. The Balaban J connectivity index is 3.58. The van der Waals surface area contributed by atoms with Crippen LogP contribution in [0.3, 0.4) is 0 Å². The summed E-state index contributed by atoms with van der Waals surface area (Å²) in [5.41, 5.74) is 0. The SMILES string of the molecule is CCCCCCCCCCCCCCCCCCCCCCC(CCCCCCCCCCC)COS(=O)(=O)O. The lowest BCUT2D eigenvalue weighted by molar-refractivity contribution is 0.204. The van der Waals surface area contributed by atoms with Gasteiger partial charge in [0.2, 0.25) is 0 Å². The molecule has 0 bridgehead atoms. The molecule has 0 fully saturated rings. The minimum atomic E-state index is -4.33. The Morgan fingerprint density at radius 1 is 0.425 bits per heavy atom. The van der Waals surface area contributed by atoms with Crippen LogP contribution in [0.4, 0.5) is 0 Å². The first kappa shape index (κ1) is 39.9. The first-order valence-electron chi connectivity index (χ1n) is 18.1. The van der Waals surface area contributed by atoms with Gasteiger partial charge in [0.05, 0.1) is 6.61 Å². The predicted molar refractivity (Wildman–Crippen MR) is 175 cm³/mol. The lowest BCUT2D eigenvalue weighted by atomic mass is 9.94. The van der Waals surface area contributed by atoms with Crippen molar-refractivity contribution in [1.29, 1.82) is 0 Å². The zero-order chi connectivity index (χ0) is 29.4. The maximum atomic E-state index is 11.0. The van der Waals surface area contributed by atoms with Crippen LogP contribution in [0, 0.1) is 5.92 Å². The molecule has 4 nitrogen and oxygen atoms in total. The summed E-state index contributed by atoms with van der Waals surface area (Å²) >= 11 is 0. The summed E-state index contributed by atoms with van der Waals surface area (Å²) < 4.78 is 35.8. The first-order valence-corrected chi connectivity index (χ1v) is 19.5. The van der Waals surface area contributed by atoms with Gasteiger partial charge in [-0.05, 0) is 18.8 Å². The fourth-order valence-corrected chi connectivity index (χ4v) is 6.29. The molecule has 0 rings (SSSR count). The van der Waals surface area contributed by atoms with Crippen molar-refractivity contribution in [3.8, 4) is 0 Å². The average molecular weight is 589 g/mol. The fourth-order valence-electron chi connectivity index (χ4n) is 5.93. The molecule has 1 unspecified atom stereocenters. The van der Waals surface area contributed by atoms with Crippen molar-refractivity contribution in [3.63, 3.8) is 0 Å². The van der Waals surface area contributed by atoms with Gasteiger partial charge in [-0.15, -0.1) is 0 Å². The monoisotopic (exact) mass is 589 g/mol. The summed E-state index contributed by atoms with van der Waals surface area (Å²) in [6, 6.07) is 0. The van der Waals surface area contributed by atoms with Gasteiger partial charge in [-0.2, -0.15) is 8.42 Å². The van der Waals surface area contributed by atoms with Gasteiger partial charge in [0, 0.05) is 0 Å². The van der Waals surface area contributed by atoms with Gasteiger partial charge < -0.3 is 0 Å². The highest BCUT2D eigenvalue weighted by atomic mass is 32.3. The third-order valence-electron chi connectivity index (χ3n) is 8.63. The molecule has 5 heteroatoms. The molecule has 1 N–H and O–H groups in total. The Morgan fingerprint density at radius 3 is 0.875 bits per heavy atom. The smallest absolute Gasteiger partial charge is 0.264 e. The minimum Gasteiger partial charge on any atom is -0.264 e.